The summed E-state index contributed by atoms with van der Waals surface area (Å²) in [5.41, 5.74) is 0. The van der Waals surface area contributed by atoms with Crippen molar-refractivity contribution in [2.45, 2.75) is 45.1 Å². The second-order valence-electron chi connectivity index (χ2n) is 6.90. The largest absolute Gasteiger partial charge is 0.447 e. The number of rotatable bonds is 7. The molecule has 2 fully saturated rings. The minimum atomic E-state index is -0.414. The summed E-state index contributed by atoms with van der Waals surface area (Å²) >= 11 is 0. The quantitative estimate of drug-likeness (QED) is 0.748. The molecule has 1 saturated carbocycles. The van der Waals surface area contributed by atoms with E-state index < -0.39 is 6.09 Å². The first kappa shape index (κ1) is 16.7. The fourth-order valence-electron chi connectivity index (χ4n) is 2.72. The van der Waals surface area contributed by atoms with Crippen LogP contribution in [0.25, 0.3) is 0 Å². The fourth-order valence-corrected chi connectivity index (χ4v) is 2.72. The Hall–Kier alpha value is -2.12. The summed E-state index contributed by atoms with van der Waals surface area (Å²) in [4.78, 5) is 31.6. The lowest BCUT2D eigenvalue weighted by molar-refractivity contribution is -0.130. The minimum absolute atomic E-state index is 0.0394. The van der Waals surface area contributed by atoms with Gasteiger partial charge in [-0.15, -0.1) is 0 Å². The Morgan fingerprint density at radius 3 is 2.83 bits per heavy atom. The maximum absolute atomic E-state index is 12.4. The van der Waals surface area contributed by atoms with E-state index in [2.05, 4.69) is 10.1 Å². The molecule has 2 amide bonds. The second kappa shape index (κ2) is 6.78. The van der Waals surface area contributed by atoms with Crippen molar-refractivity contribution in [1.29, 1.82) is 0 Å². The van der Waals surface area contributed by atoms with Gasteiger partial charge in [0.25, 0.3) is 0 Å². The summed E-state index contributed by atoms with van der Waals surface area (Å²) < 4.78 is 10.3. The van der Waals surface area contributed by atoms with Crippen LogP contribution in [0.2, 0.25) is 0 Å². The van der Waals surface area contributed by atoms with Crippen LogP contribution in [-0.4, -0.2) is 64.7 Å². The van der Waals surface area contributed by atoms with Gasteiger partial charge in [-0.1, -0.05) is 19.0 Å². The monoisotopic (exact) mass is 336 g/mol. The number of carbonyl (C=O) groups excluding carboxylic acids is 2. The van der Waals surface area contributed by atoms with Gasteiger partial charge in [-0.2, -0.15) is 4.98 Å². The lowest BCUT2D eigenvalue weighted by Gasteiger charge is -2.26. The number of nitrogens with zero attached hydrogens (tertiary/aromatic N) is 4. The van der Waals surface area contributed by atoms with Crippen LogP contribution in [0, 0.1) is 5.92 Å². The number of likely N-dealkylation sites (N-methyl/N-ethyl adjacent to an activating group) is 1. The van der Waals surface area contributed by atoms with Crippen molar-refractivity contribution < 1.29 is 18.8 Å². The first-order chi connectivity index (χ1) is 11.5. The predicted octanol–water partition coefficient (Wildman–Crippen LogP) is 1.42. The van der Waals surface area contributed by atoms with Crippen LogP contribution in [0.3, 0.4) is 0 Å². The maximum Gasteiger partial charge on any atom is 0.410 e. The highest BCUT2D eigenvalue weighted by Gasteiger charge is 2.36. The third kappa shape index (κ3) is 3.68. The van der Waals surface area contributed by atoms with Gasteiger partial charge in [-0.3, -0.25) is 9.69 Å². The fraction of sp³-hybridized carbons (Fsp3) is 0.750. The van der Waals surface area contributed by atoms with E-state index in [1.807, 2.05) is 13.8 Å². The molecule has 2 aliphatic rings. The molecule has 0 radical (unpaired) electrons. The van der Waals surface area contributed by atoms with E-state index in [0.29, 0.717) is 37.2 Å². The number of hydrogen-bond donors (Lipinski definition) is 0. The zero-order chi connectivity index (χ0) is 17.3. The Kier molecular flexibility index (Phi) is 4.73. The lowest BCUT2D eigenvalue weighted by atomic mass is 10.0. The molecular formula is C16H24N4O4. The summed E-state index contributed by atoms with van der Waals surface area (Å²) in [6, 6.07) is -0.0480. The average Bonchev–Trinajstić information content (AvgIpc) is 3.18. The van der Waals surface area contributed by atoms with Crippen molar-refractivity contribution >= 4 is 12.0 Å². The van der Waals surface area contributed by atoms with E-state index in [9.17, 15) is 9.59 Å². The van der Waals surface area contributed by atoms with Crippen molar-refractivity contribution in [2.75, 3.05) is 26.7 Å². The molecule has 1 aromatic rings. The van der Waals surface area contributed by atoms with Gasteiger partial charge >= 0.3 is 6.09 Å². The van der Waals surface area contributed by atoms with Crippen LogP contribution in [-0.2, 0) is 16.0 Å². The molecule has 1 aromatic heterocycles. The normalized spacial score (nSPS) is 20.6. The number of cyclic esters (lactones) is 1. The number of aromatic nitrogens is 2. The molecular weight excluding hydrogens is 312 g/mol. The van der Waals surface area contributed by atoms with Crippen LogP contribution in [0.5, 0.6) is 0 Å². The summed E-state index contributed by atoms with van der Waals surface area (Å²) in [6.07, 6.45) is 2.35. The number of carbonyl (C=O) groups is 2. The van der Waals surface area contributed by atoms with Gasteiger partial charge in [0.2, 0.25) is 11.8 Å². The SMILES string of the molecule is CC(C)[C@H]1COC(=O)N1CC(=O)N(C)CCc1noc(C2CC2)n1. The van der Waals surface area contributed by atoms with E-state index in [4.69, 9.17) is 9.26 Å². The molecule has 0 unspecified atom stereocenters. The van der Waals surface area contributed by atoms with Crippen molar-refractivity contribution in [1.82, 2.24) is 19.9 Å². The highest BCUT2D eigenvalue weighted by atomic mass is 16.6. The first-order valence-electron chi connectivity index (χ1n) is 8.45. The lowest BCUT2D eigenvalue weighted by Crippen LogP contribution is -2.45. The highest BCUT2D eigenvalue weighted by molar-refractivity contribution is 5.83. The molecule has 2 heterocycles. The molecule has 3 rings (SSSR count). The van der Waals surface area contributed by atoms with E-state index in [1.54, 1.807) is 11.9 Å². The summed E-state index contributed by atoms with van der Waals surface area (Å²) in [6.45, 7) is 4.90. The molecule has 1 saturated heterocycles. The van der Waals surface area contributed by atoms with Crippen LogP contribution in [0.15, 0.2) is 4.52 Å². The standard InChI is InChI=1S/C16H24N4O4/c1-10(2)12-9-23-16(22)20(12)8-14(21)19(3)7-6-13-17-15(24-18-13)11-4-5-11/h10-12H,4-9H2,1-3H3/t12-/m1/s1. The molecule has 24 heavy (non-hydrogen) atoms. The molecule has 1 atom stereocenters. The molecule has 0 N–H and O–H groups in total. The second-order valence-corrected chi connectivity index (χ2v) is 6.90. The number of amides is 2. The van der Waals surface area contributed by atoms with Gasteiger partial charge in [0.05, 0.1) is 6.04 Å². The Bertz CT molecular complexity index is 611. The molecule has 132 valence electrons. The number of ether oxygens (including phenoxy) is 1. The van der Waals surface area contributed by atoms with Gasteiger partial charge < -0.3 is 14.2 Å². The molecule has 0 aromatic carbocycles. The van der Waals surface area contributed by atoms with Gasteiger partial charge in [0, 0.05) is 25.9 Å². The molecule has 8 nitrogen and oxygen atoms in total. The average molecular weight is 336 g/mol. The van der Waals surface area contributed by atoms with Crippen LogP contribution in [0.1, 0.15) is 44.3 Å². The smallest absolute Gasteiger partial charge is 0.410 e. The van der Waals surface area contributed by atoms with Crippen LogP contribution < -0.4 is 0 Å². The molecule has 1 aliphatic carbocycles. The Morgan fingerprint density at radius 1 is 1.42 bits per heavy atom. The van der Waals surface area contributed by atoms with Gasteiger partial charge in [0.1, 0.15) is 13.2 Å². The van der Waals surface area contributed by atoms with E-state index in [0.717, 1.165) is 12.8 Å². The Balaban J connectivity index is 1.49. The summed E-state index contributed by atoms with van der Waals surface area (Å²) in [7, 11) is 1.72. The molecule has 0 bridgehead atoms. The Morgan fingerprint density at radius 2 is 2.17 bits per heavy atom. The summed E-state index contributed by atoms with van der Waals surface area (Å²) in [5, 5.41) is 3.95. The third-order valence-electron chi connectivity index (χ3n) is 4.59. The van der Waals surface area contributed by atoms with Crippen LogP contribution in [0.4, 0.5) is 4.79 Å². The zero-order valence-corrected chi connectivity index (χ0v) is 14.4. The first-order valence-corrected chi connectivity index (χ1v) is 8.45. The maximum atomic E-state index is 12.4. The summed E-state index contributed by atoms with van der Waals surface area (Å²) in [5.74, 6) is 1.88. The van der Waals surface area contributed by atoms with Gasteiger partial charge in [0.15, 0.2) is 5.82 Å². The predicted molar refractivity (Wildman–Crippen MR) is 84.3 cm³/mol. The number of hydrogen-bond acceptors (Lipinski definition) is 6. The van der Waals surface area contributed by atoms with E-state index in [1.165, 1.54) is 4.90 Å². The highest BCUT2D eigenvalue weighted by Crippen LogP contribution is 2.38. The van der Waals surface area contributed by atoms with Crippen molar-refractivity contribution in [2.24, 2.45) is 5.92 Å². The van der Waals surface area contributed by atoms with Crippen molar-refractivity contribution in [3.05, 3.63) is 11.7 Å². The van der Waals surface area contributed by atoms with Crippen molar-refractivity contribution in [3.8, 4) is 0 Å². The molecule has 1 aliphatic heterocycles. The van der Waals surface area contributed by atoms with Gasteiger partial charge in [-0.05, 0) is 18.8 Å². The van der Waals surface area contributed by atoms with Crippen molar-refractivity contribution in [3.63, 3.8) is 0 Å². The van der Waals surface area contributed by atoms with E-state index >= 15 is 0 Å². The van der Waals surface area contributed by atoms with Crippen LogP contribution >= 0.6 is 0 Å². The molecule has 0 spiro atoms. The van der Waals surface area contributed by atoms with Gasteiger partial charge in [-0.25, -0.2) is 4.79 Å². The topological polar surface area (TPSA) is 88.8 Å². The minimum Gasteiger partial charge on any atom is -0.447 e. The van der Waals surface area contributed by atoms with E-state index in [-0.39, 0.29) is 24.4 Å². The zero-order valence-electron chi connectivity index (χ0n) is 14.4. The Labute approximate surface area is 141 Å². The molecule has 8 heteroatoms. The third-order valence-corrected chi connectivity index (χ3v) is 4.59.